The molecule has 1 N–H and O–H groups in total. The molecule has 0 saturated carbocycles. The molecule has 1 fully saturated rings. The standard InChI is InChI=1S/C24H24N4O2/c1-16(17-7-3-2-4-8-17)27-24(29)18-11-13-28(14-12-18)23-22-21(25-15-26-23)19-9-5-6-10-20(19)30-22/h2-10,15-16,18H,11-14H2,1H3,(H,27,29). The van der Waals surface area contributed by atoms with E-state index in [2.05, 4.69) is 20.2 Å². The summed E-state index contributed by atoms with van der Waals surface area (Å²) in [5.41, 5.74) is 3.50. The van der Waals surface area contributed by atoms with Crippen LogP contribution in [0.25, 0.3) is 22.1 Å². The van der Waals surface area contributed by atoms with Gasteiger partial charge in [0.05, 0.1) is 6.04 Å². The maximum absolute atomic E-state index is 12.8. The summed E-state index contributed by atoms with van der Waals surface area (Å²) in [6, 6.07) is 18.0. The summed E-state index contributed by atoms with van der Waals surface area (Å²) < 4.78 is 6.07. The highest BCUT2D eigenvalue weighted by atomic mass is 16.3. The van der Waals surface area contributed by atoms with E-state index >= 15 is 0 Å². The Labute approximate surface area is 174 Å². The van der Waals surface area contributed by atoms with E-state index in [0.29, 0.717) is 0 Å². The minimum absolute atomic E-state index is 0.00812. The number of carbonyl (C=O) groups is 1. The Morgan fingerprint density at radius 1 is 1.07 bits per heavy atom. The van der Waals surface area contributed by atoms with Gasteiger partial charge in [-0.15, -0.1) is 0 Å². The van der Waals surface area contributed by atoms with E-state index < -0.39 is 0 Å². The van der Waals surface area contributed by atoms with Crippen LogP contribution in [0, 0.1) is 5.92 Å². The van der Waals surface area contributed by atoms with Gasteiger partial charge in [-0.25, -0.2) is 9.97 Å². The number of anilines is 1. The smallest absolute Gasteiger partial charge is 0.223 e. The van der Waals surface area contributed by atoms with Crippen molar-refractivity contribution in [2.75, 3.05) is 18.0 Å². The van der Waals surface area contributed by atoms with E-state index in [1.807, 2.05) is 61.5 Å². The normalized spacial score (nSPS) is 16.1. The van der Waals surface area contributed by atoms with Crippen LogP contribution in [0.15, 0.2) is 65.3 Å². The van der Waals surface area contributed by atoms with Crippen molar-refractivity contribution in [2.24, 2.45) is 5.92 Å². The predicted octanol–water partition coefficient (Wildman–Crippen LogP) is 4.47. The lowest BCUT2D eigenvalue weighted by Gasteiger charge is -2.32. The number of aromatic nitrogens is 2. The summed E-state index contributed by atoms with van der Waals surface area (Å²) in [5.74, 6) is 0.954. The van der Waals surface area contributed by atoms with Crippen molar-refractivity contribution < 1.29 is 9.21 Å². The molecule has 1 amide bonds. The summed E-state index contributed by atoms with van der Waals surface area (Å²) in [6.45, 7) is 3.56. The number of nitrogens with one attached hydrogen (secondary N) is 1. The molecule has 2 aromatic heterocycles. The minimum atomic E-state index is 0.00812. The van der Waals surface area contributed by atoms with Crippen LogP contribution in [0.5, 0.6) is 0 Å². The van der Waals surface area contributed by atoms with Crippen molar-refractivity contribution in [2.45, 2.75) is 25.8 Å². The summed E-state index contributed by atoms with van der Waals surface area (Å²) in [5, 5.41) is 4.17. The second kappa shape index (κ2) is 7.78. The van der Waals surface area contributed by atoms with Crippen LogP contribution in [0.3, 0.4) is 0 Å². The number of furan rings is 1. The Hall–Kier alpha value is -3.41. The summed E-state index contributed by atoms with van der Waals surface area (Å²) >= 11 is 0. The number of benzene rings is 2. The molecule has 5 rings (SSSR count). The molecule has 1 aliphatic rings. The largest absolute Gasteiger partial charge is 0.450 e. The van der Waals surface area contributed by atoms with Crippen LogP contribution in [0.1, 0.15) is 31.4 Å². The summed E-state index contributed by atoms with van der Waals surface area (Å²) in [6.07, 6.45) is 3.18. The van der Waals surface area contributed by atoms with Crippen molar-refractivity contribution in [1.82, 2.24) is 15.3 Å². The third-order valence-electron chi connectivity index (χ3n) is 5.96. The average Bonchev–Trinajstić information content (AvgIpc) is 3.18. The highest BCUT2D eigenvalue weighted by Gasteiger charge is 2.28. The first-order valence-corrected chi connectivity index (χ1v) is 10.4. The molecule has 2 aromatic carbocycles. The summed E-state index contributed by atoms with van der Waals surface area (Å²) in [7, 11) is 0. The van der Waals surface area contributed by atoms with Crippen molar-refractivity contribution >= 4 is 33.8 Å². The molecule has 1 unspecified atom stereocenters. The molecule has 3 heterocycles. The topological polar surface area (TPSA) is 71.3 Å². The highest BCUT2D eigenvalue weighted by Crippen LogP contribution is 2.33. The molecule has 1 atom stereocenters. The maximum atomic E-state index is 12.8. The van der Waals surface area contributed by atoms with Crippen molar-refractivity contribution in [1.29, 1.82) is 0 Å². The minimum Gasteiger partial charge on any atom is -0.450 e. The quantitative estimate of drug-likeness (QED) is 0.547. The van der Waals surface area contributed by atoms with E-state index in [1.165, 1.54) is 0 Å². The summed E-state index contributed by atoms with van der Waals surface area (Å²) in [4.78, 5) is 23.9. The third kappa shape index (κ3) is 3.38. The Balaban J connectivity index is 1.29. The number of amides is 1. The molecule has 0 aliphatic carbocycles. The Morgan fingerprint density at radius 3 is 2.60 bits per heavy atom. The van der Waals surface area contributed by atoms with Crippen molar-refractivity contribution in [3.8, 4) is 0 Å². The van der Waals surface area contributed by atoms with Crippen LogP contribution in [0.4, 0.5) is 5.82 Å². The monoisotopic (exact) mass is 400 g/mol. The van der Waals surface area contributed by atoms with Crippen molar-refractivity contribution in [3.05, 3.63) is 66.5 Å². The number of carbonyl (C=O) groups excluding carboxylic acids is 1. The van der Waals surface area contributed by atoms with Gasteiger partial charge in [0, 0.05) is 24.4 Å². The first-order chi connectivity index (χ1) is 14.7. The molecular weight excluding hydrogens is 376 g/mol. The zero-order chi connectivity index (χ0) is 20.5. The molecule has 30 heavy (non-hydrogen) atoms. The first-order valence-electron chi connectivity index (χ1n) is 10.4. The molecule has 6 heteroatoms. The van der Waals surface area contributed by atoms with Crippen LogP contribution in [-0.2, 0) is 4.79 Å². The zero-order valence-electron chi connectivity index (χ0n) is 16.9. The number of hydrogen-bond acceptors (Lipinski definition) is 5. The van der Waals surface area contributed by atoms with Gasteiger partial charge in [-0.2, -0.15) is 0 Å². The molecule has 1 saturated heterocycles. The van der Waals surface area contributed by atoms with Crippen LogP contribution in [-0.4, -0.2) is 29.0 Å². The Kier molecular flexibility index (Phi) is 4.83. The van der Waals surface area contributed by atoms with E-state index in [4.69, 9.17) is 4.42 Å². The van der Waals surface area contributed by atoms with Gasteiger partial charge in [0.2, 0.25) is 5.91 Å². The molecule has 0 spiro atoms. The molecule has 6 nitrogen and oxygen atoms in total. The highest BCUT2D eigenvalue weighted by molar-refractivity contribution is 6.05. The van der Waals surface area contributed by atoms with Gasteiger partial charge in [0.1, 0.15) is 17.4 Å². The number of fused-ring (bicyclic) bond motifs is 3. The zero-order valence-corrected chi connectivity index (χ0v) is 16.9. The van der Waals surface area contributed by atoms with Gasteiger partial charge in [-0.05, 0) is 37.5 Å². The van der Waals surface area contributed by atoms with Gasteiger partial charge >= 0.3 is 0 Å². The number of piperidine rings is 1. The second-order valence-corrected chi connectivity index (χ2v) is 7.88. The third-order valence-corrected chi connectivity index (χ3v) is 5.96. The molecule has 0 bridgehead atoms. The fourth-order valence-corrected chi connectivity index (χ4v) is 4.25. The van der Waals surface area contributed by atoms with E-state index in [9.17, 15) is 4.79 Å². The second-order valence-electron chi connectivity index (χ2n) is 7.88. The molecule has 152 valence electrons. The number of hydrogen-bond donors (Lipinski definition) is 1. The van der Waals surface area contributed by atoms with E-state index in [-0.39, 0.29) is 17.9 Å². The van der Waals surface area contributed by atoms with Crippen molar-refractivity contribution in [3.63, 3.8) is 0 Å². The number of nitrogens with zero attached hydrogens (tertiary/aromatic N) is 3. The van der Waals surface area contributed by atoms with Crippen LogP contribution < -0.4 is 10.2 Å². The SMILES string of the molecule is CC(NC(=O)C1CCN(c2ncnc3c2oc2ccccc23)CC1)c1ccccc1. The van der Waals surface area contributed by atoms with Gasteiger partial charge < -0.3 is 14.6 Å². The van der Waals surface area contributed by atoms with Gasteiger partial charge in [-0.1, -0.05) is 42.5 Å². The van der Waals surface area contributed by atoms with E-state index in [1.54, 1.807) is 6.33 Å². The first kappa shape index (κ1) is 18.6. The van der Waals surface area contributed by atoms with Crippen LogP contribution >= 0.6 is 0 Å². The number of para-hydroxylation sites is 1. The fraction of sp³-hybridized carbons (Fsp3) is 0.292. The lowest BCUT2D eigenvalue weighted by Crippen LogP contribution is -2.41. The fourth-order valence-electron chi connectivity index (χ4n) is 4.25. The molecule has 4 aromatic rings. The van der Waals surface area contributed by atoms with E-state index in [0.717, 1.165) is 59.4 Å². The maximum Gasteiger partial charge on any atom is 0.223 e. The number of rotatable bonds is 4. The van der Waals surface area contributed by atoms with Gasteiger partial charge in [-0.3, -0.25) is 4.79 Å². The van der Waals surface area contributed by atoms with Gasteiger partial charge in [0.15, 0.2) is 11.4 Å². The predicted molar refractivity (Wildman–Crippen MR) is 117 cm³/mol. The lowest BCUT2D eigenvalue weighted by atomic mass is 9.95. The molecule has 1 aliphatic heterocycles. The lowest BCUT2D eigenvalue weighted by molar-refractivity contribution is -0.126. The average molecular weight is 400 g/mol. The molecular formula is C24H24N4O2. The van der Waals surface area contributed by atoms with Gasteiger partial charge in [0.25, 0.3) is 0 Å². The Morgan fingerprint density at radius 2 is 1.80 bits per heavy atom. The molecule has 0 radical (unpaired) electrons. The van der Waals surface area contributed by atoms with Crippen LogP contribution in [0.2, 0.25) is 0 Å². The Bertz CT molecular complexity index is 1180.